The Labute approximate surface area is 151 Å². The van der Waals surface area contributed by atoms with Crippen LogP contribution in [0.15, 0.2) is 24.3 Å². The minimum absolute atomic E-state index is 0.0275. The van der Waals surface area contributed by atoms with Crippen LogP contribution < -0.4 is 0 Å². The average molecular weight is 348 g/mol. The number of rotatable bonds is 13. The zero-order valence-corrected chi connectivity index (χ0v) is 15.7. The van der Waals surface area contributed by atoms with E-state index in [2.05, 4.69) is 11.7 Å². The summed E-state index contributed by atoms with van der Waals surface area (Å²) < 4.78 is 4.60. The van der Waals surface area contributed by atoms with E-state index >= 15 is 0 Å². The van der Waals surface area contributed by atoms with Crippen molar-refractivity contribution >= 4 is 17.5 Å². The Morgan fingerprint density at radius 2 is 1.92 bits per heavy atom. The number of carbonyl (C=O) groups is 3. The SMILES string of the molecule is CCCCCC(=O)CCC1C=CC(=O)C1C/C=C/CCCC(=O)OC. The van der Waals surface area contributed by atoms with Gasteiger partial charge in [-0.15, -0.1) is 0 Å². The first-order chi connectivity index (χ1) is 12.1. The summed E-state index contributed by atoms with van der Waals surface area (Å²) in [7, 11) is 1.39. The second-order valence-corrected chi connectivity index (χ2v) is 6.74. The first-order valence-electron chi connectivity index (χ1n) is 9.54. The Kier molecular flexibility index (Phi) is 10.8. The van der Waals surface area contributed by atoms with Crippen molar-refractivity contribution in [2.45, 2.75) is 71.1 Å². The first kappa shape index (κ1) is 21.3. The van der Waals surface area contributed by atoms with Gasteiger partial charge >= 0.3 is 5.97 Å². The molecule has 0 saturated heterocycles. The number of methoxy groups -OCH3 is 1. The van der Waals surface area contributed by atoms with Crippen LogP contribution in [0.25, 0.3) is 0 Å². The maximum absolute atomic E-state index is 12.0. The van der Waals surface area contributed by atoms with E-state index in [0.717, 1.165) is 38.5 Å². The smallest absolute Gasteiger partial charge is 0.305 e. The molecule has 0 saturated carbocycles. The highest BCUT2D eigenvalue weighted by Crippen LogP contribution is 2.30. The second kappa shape index (κ2) is 12.6. The van der Waals surface area contributed by atoms with Gasteiger partial charge < -0.3 is 4.74 Å². The standard InChI is InChI=1S/C21H32O4/c1-3-4-7-10-18(22)15-13-17-14-16-20(23)19(17)11-8-5-6-9-12-21(24)25-2/h5,8,14,16-17,19H,3-4,6-7,9-13,15H2,1-2H3/b8-5+. The molecule has 140 valence electrons. The topological polar surface area (TPSA) is 60.4 Å². The zero-order valence-electron chi connectivity index (χ0n) is 15.7. The lowest BCUT2D eigenvalue weighted by atomic mass is 9.87. The van der Waals surface area contributed by atoms with Crippen LogP contribution in [0.2, 0.25) is 0 Å². The molecular formula is C21H32O4. The van der Waals surface area contributed by atoms with Gasteiger partial charge in [0.25, 0.3) is 0 Å². The number of ketones is 2. The molecule has 0 aromatic rings. The third-order valence-corrected chi connectivity index (χ3v) is 4.74. The molecule has 0 aliphatic heterocycles. The van der Waals surface area contributed by atoms with Crippen molar-refractivity contribution in [3.05, 3.63) is 24.3 Å². The lowest BCUT2D eigenvalue weighted by molar-refractivity contribution is -0.140. The summed E-state index contributed by atoms with van der Waals surface area (Å²) >= 11 is 0. The normalized spacial score (nSPS) is 19.7. The molecule has 0 N–H and O–H groups in total. The molecule has 25 heavy (non-hydrogen) atoms. The fourth-order valence-electron chi connectivity index (χ4n) is 3.13. The summed E-state index contributed by atoms with van der Waals surface area (Å²) in [6.07, 6.45) is 15.6. The lowest BCUT2D eigenvalue weighted by Gasteiger charge is -2.16. The summed E-state index contributed by atoms with van der Waals surface area (Å²) in [6, 6.07) is 0. The molecule has 2 unspecified atom stereocenters. The summed E-state index contributed by atoms with van der Waals surface area (Å²) in [6.45, 7) is 2.13. The molecule has 4 nitrogen and oxygen atoms in total. The summed E-state index contributed by atoms with van der Waals surface area (Å²) in [4.78, 5) is 35.0. The van der Waals surface area contributed by atoms with Gasteiger partial charge in [-0.3, -0.25) is 14.4 Å². The summed E-state index contributed by atoms with van der Waals surface area (Å²) in [5, 5.41) is 0. The van der Waals surface area contributed by atoms with Crippen LogP contribution in [0.3, 0.4) is 0 Å². The molecule has 2 atom stereocenters. The van der Waals surface area contributed by atoms with E-state index < -0.39 is 0 Å². The highest BCUT2D eigenvalue weighted by atomic mass is 16.5. The van der Waals surface area contributed by atoms with Crippen molar-refractivity contribution in [1.82, 2.24) is 0 Å². The Morgan fingerprint density at radius 1 is 1.12 bits per heavy atom. The van der Waals surface area contributed by atoms with Crippen LogP contribution in [-0.2, 0) is 19.1 Å². The number of ether oxygens (including phenoxy) is 1. The molecule has 1 aliphatic rings. The van der Waals surface area contributed by atoms with Crippen molar-refractivity contribution in [2.75, 3.05) is 7.11 Å². The number of allylic oxidation sites excluding steroid dienone is 4. The van der Waals surface area contributed by atoms with Crippen molar-refractivity contribution in [1.29, 1.82) is 0 Å². The number of unbranched alkanes of at least 4 members (excludes halogenated alkanes) is 3. The third-order valence-electron chi connectivity index (χ3n) is 4.74. The maximum Gasteiger partial charge on any atom is 0.305 e. The number of hydrogen-bond donors (Lipinski definition) is 0. The molecule has 0 aromatic carbocycles. The van der Waals surface area contributed by atoms with E-state index in [-0.39, 0.29) is 23.6 Å². The highest BCUT2D eigenvalue weighted by Gasteiger charge is 2.28. The Hall–Kier alpha value is -1.71. The van der Waals surface area contributed by atoms with E-state index in [1.165, 1.54) is 7.11 Å². The molecule has 0 bridgehead atoms. The molecule has 1 rings (SSSR count). The Balaban J connectivity index is 2.28. The quantitative estimate of drug-likeness (QED) is 0.278. The lowest BCUT2D eigenvalue weighted by Crippen LogP contribution is -2.16. The van der Waals surface area contributed by atoms with Crippen molar-refractivity contribution in [3.8, 4) is 0 Å². The Morgan fingerprint density at radius 3 is 2.64 bits per heavy atom. The van der Waals surface area contributed by atoms with Gasteiger partial charge in [-0.1, -0.05) is 38.0 Å². The molecule has 0 heterocycles. The molecule has 0 spiro atoms. The molecular weight excluding hydrogens is 316 g/mol. The molecule has 0 radical (unpaired) electrons. The van der Waals surface area contributed by atoms with Crippen LogP contribution in [0.4, 0.5) is 0 Å². The van der Waals surface area contributed by atoms with Crippen LogP contribution in [0, 0.1) is 11.8 Å². The minimum Gasteiger partial charge on any atom is -0.469 e. The number of esters is 1. The van der Waals surface area contributed by atoms with E-state index in [0.29, 0.717) is 31.5 Å². The number of Topliss-reactive ketones (excluding diaryl/α,β-unsaturated/α-hetero) is 1. The number of carbonyl (C=O) groups excluding carboxylic acids is 3. The van der Waals surface area contributed by atoms with Gasteiger partial charge in [0, 0.05) is 25.2 Å². The van der Waals surface area contributed by atoms with Gasteiger partial charge in [0.05, 0.1) is 7.11 Å². The van der Waals surface area contributed by atoms with Gasteiger partial charge in [-0.25, -0.2) is 0 Å². The van der Waals surface area contributed by atoms with E-state index in [4.69, 9.17) is 0 Å². The van der Waals surface area contributed by atoms with E-state index in [1.807, 2.05) is 18.2 Å². The maximum atomic E-state index is 12.0. The first-order valence-corrected chi connectivity index (χ1v) is 9.54. The van der Waals surface area contributed by atoms with Crippen LogP contribution in [0.1, 0.15) is 71.1 Å². The van der Waals surface area contributed by atoms with Gasteiger partial charge in [-0.2, -0.15) is 0 Å². The highest BCUT2D eigenvalue weighted by molar-refractivity contribution is 5.94. The molecule has 0 fully saturated rings. The fraction of sp³-hybridized carbons (Fsp3) is 0.667. The van der Waals surface area contributed by atoms with Gasteiger partial charge in [0.15, 0.2) is 5.78 Å². The van der Waals surface area contributed by atoms with E-state index in [9.17, 15) is 14.4 Å². The average Bonchev–Trinajstić information content (AvgIpc) is 2.96. The monoisotopic (exact) mass is 348 g/mol. The third kappa shape index (κ3) is 8.80. The van der Waals surface area contributed by atoms with Crippen molar-refractivity contribution < 1.29 is 19.1 Å². The summed E-state index contributed by atoms with van der Waals surface area (Å²) in [5.41, 5.74) is 0. The van der Waals surface area contributed by atoms with Crippen LogP contribution >= 0.6 is 0 Å². The van der Waals surface area contributed by atoms with Gasteiger partial charge in [0.2, 0.25) is 0 Å². The van der Waals surface area contributed by atoms with Crippen molar-refractivity contribution in [2.24, 2.45) is 11.8 Å². The van der Waals surface area contributed by atoms with Crippen LogP contribution in [0.5, 0.6) is 0 Å². The van der Waals surface area contributed by atoms with Gasteiger partial charge in [0.1, 0.15) is 5.78 Å². The van der Waals surface area contributed by atoms with E-state index in [1.54, 1.807) is 6.08 Å². The predicted octanol–water partition coefficient (Wildman–Crippen LogP) is 4.58. The predicted molar refractivity (Wildman–Crippen MR) is 99.1 cm³/mol. The number of hydrogen-bond acceptors (Lipinski definition) is 4. The molecule has 1 aliphatic carbocycles. The molecule has 0 aromatic heterocycles. The zero-order chi connectivity index (χ0) is 18.5. The minimum atomic E-state index is -0.188. The fourth-order valence-corrected chi connectivity index (χ4v) is 3.13. The van der Waals surface area contributed by atoms with Crippen molar-refractivity contribution in [3.63, 3.8) is 0 Å². The summed E-state index contributed by atoms with van der Waals surface area (Å²) in [5.74, 6) is 0.454. The van der Waals surface area contributed by atoms with Crippen LogP contribution in [-0.4, -0.2) is 24.6 Å². The molecule has 4 heteroatoms. The second-order valence-electron chi connectivity index (χ2n) is 6.74. The van der Waals surface area contributed by atoms with Gasteiger partial charge in [-0.05, 0) is 44.1 Å². The Bertz CT molecular complexity index is 490. The molecule has 0 amide bonds. The largest absolute Gasteiger partial charge is 0.469 e.